The zero-order valence-electron chi connectivity index (χ0n) is 19.5. The molecule has 3 aromatic rings. The van der Waals surface area contributed by atoms with E-state index in [1.54, 1.807) is 42.5 Å². The van der Waals surface area contributed by atoms with E-state index in [1.165, 1.54) is 17.0 Å². The van der Waals surface area contributed by atoms with Crippen LogP contribution in [0.2, 0.25) is 0 Å². The fraction of sp³-hybridized carbons (Fsp3) is 0.192. The van der Waals surface area contributed by atoms with Crippen molar-refractivity contribution >= 4 is 56.0 Å². The van der Waals surface area contributed by atoms with Gasteiger partial charge in [0.25, 0.3) is 0 Å². The Bertz CT molecular complexity index is 1420. The smallest absolute Gasteiger partial charge is 0.416 e. The molecule has 3 aromatic carbocycles. The molecule has 196 valence electrons. The Morgan fingerprint density at radius 2 is 1.84 bits per heavy atom. The van der Waals surface area contributed by atoms with E-state index >= 15 is 0 Å². The number of rotatable bonds is 5. The van der Waals surface area contributed by atoms with E-state index in [9.17, 15) is 22.8 Å². The molecule has 1 unspecified atom stereocenters. The summed E-state index contributed by atoms with van der Waals surface area (Å²) in [4.78, 5) is 32.1. The van der Waals surface area contributed by atoms with Crippen LogP contribution in [0.4, 0.5) is 24.5 Å². The fourth-order valence-electron chi connectivity index (χ4n) is 3.84. The van der Waals surface area contributed by atoms with Crippen LogP contribution in [0.15, 0.2) is 76.2 Å². The average molecular weight is 606 g/mol. The maximum Gasteiger partial charge on any atom is 0.416 e. The first-order valence-corrected chi connectivity index (χ1v) is 13.0. The molecule has 1 N–H and O–H groups in total. The van der Waals surface area contributed by atoms with E-state index in [1.807, 2.05) is 0 Å². The summed E-state index contributed by atoms with van der Waals surface area (Å²) in [5, 5.41) is 2.07. The number of fused-ring (bicyclic) bond motifs is 1. The van der Waals surface area contributed by atoms with Crippen LogP contribution >= 0.6 is 27.7 Å². The number of amidine groups is 1. The molecule has 2 aliphatic rings. The summed E-state index contributed by atoms with van der Waals surface area (Å²) < 4.78 is 51.4. The number of nitrogens with one attached hydrogen (secondary N) is 1. The van der Waals surface area contributed by atoms with Gasteiger partial charge in [-0.2, -0.15) is 13.2 Å². The highest BCUT2D eigenvalue weighted by atomic mass is 79.9. The van der Waals surface area contributed by atoms with Gasteiger partial charge in [-0.05, 0) is 60.2 Å². The molecule has 0 saturated carbocycles. The van der Waals surface area contributed by atoms with Crippen molar-refractivity contribution in [1.82, 2.24) is 4.90 Å². The summed E-state index contributed by atoms with van der Waals surface area (Å²) in [7, 11) is 0. The van der Waals surface area contributed by atoms with Crippen molar-refractivity contribution in [2.75, 3.05) is 12.1 Å². The second-order valence-electron chi connectivity index (χ2n) is 8.42. The van der Waals surface area contributed by atoms with E-state index in [2.05, 4.69) is 26.2 Å². The summed E-state index contributed by atoms with van der Waals surface area (Å²) in [6, 6.07) is 16.7. The summed E-state index contributed by atoms with van der Waals surface area (Å²) in [6.45, 7) is 0.177. The quantitative estimate of drug-likeness (QED) is 0.366. The number of amides is 2. The van der Waals surface area contributed by atoms with Crippen molar-refractivity contribution in [3.8, 4) is 11.5 Å². The monoisotopic (exact) mass is 605 g/mol. The van der Waals surface area contributed by atoms with Crippen LogP contribution in [0.3, 0.4) is 0 Å². The SMILES string of the molecule is O=C(Nc1ccc(Br)cc1)C1CC(=O)N(Cc2ccc3c(c2)OCO3)C(=Nc2cccc(C(F)(F)F)c2)S1. The number of hydrogen-bond acceptors (Lipinski definition) is 6. The largest absolute Gasteiger partial charge is 0.454 e. The number of benzene rings is 3. The van der Waals surface area contributed by atoms with Crippen LogP contribution in [0, 0.1) is 0 Å². The Kier molecular flexibility index (Phi) is 7.35. The van der Waals surface area contributed by atoms with Crippen LogP contribution in [-0.4, -0.2) is 33.9 Å². The first-order chi connectivity index (χ1) is 18.2. The predicted molar refractivity (Wildman–Crippen MR) is 140 cm³/mol. The van der Waals surface area contributed by atoms with Crippen LogP contribution in [0.5, 0.6) is 11.5 Å². The fourth-order valence-corrected chi connectivity index (χ4v) is 5.20. The van der Waals surface area contributed by atoms with Crippen LogP contribution < -0.4 is 14.8 Å². The summed E-state index contributed by atoms with van der Waals surface area (Å²) in [5.41, 5.74) is 0.404. The van der Waals surface area contributed by atoms with E-state index in [0.29, 0.717) is 22.7 Å². The van der Waals surface area contributed by atoms with Gasteiger partial charge in [-0.15, -0.1) is 0 Å². The molecule has 0 spiro atoms. The number of anilines is 1. The molecule has 2 heterocycles. The number of alkyl halides is 3. The van der Waals surface area contributed by atoms with E-state index < -0.39 is 22.9 Å². The molecule has 12 heteroatoms. The average Bonchev–Trinajstić information content (AvgIpc) is 3.35. The maximum atomic E-state index is 13.3. The molecule has 0 radical (unpaired) electrons. The topological polar surface area (TPSA) is 80.2 Å². The normalized spacial score (nSPS) is 18.1. The van der Waals surface area contributed by atoms with Crippen LogP contribution in [0.25, 0.3) is 0 Å². The molecule has 0 aliphatic carbocycles. The molecule has 1 saturated heterocycles. The van der Waals surface area contributed by atoms with Gasteiger partial charge in [0.15, 0.2) is 16.7 Å². The van der Waals surface area contributed by atoms with Gasteiger partial charge in [-0.1, -0.05) is 39.8 Å². The number of halogens is 4. The number of thioether (sulfide) groups is 1. The lowest BCUT2D eigenvalue weighted by atomic mass is 10.1. The van der Waals surface area contributed by atoms with Crippen LogP contribution in [0.1, 0.15) is 17.5 Å². The second-order valence-corrected chi connectivity index (χ2v) is 10.5. The Morgan fingerprint density at radius 3 is 2.61 bits per heavy atom. The minimum Gasteiger partial charge on any atom is -0.454 e. The van der Waals surface area contributed by atoms with Gasteiger partial charge in [0.1, 0.15) is 5.25 Å². The Hall–Kier alpha value is -3.51. The highest BCUT2D eigenvalue weighted by Gasteiger charge is 2.36. The van der Waals surface area contributed by atoms with Crippen molar-refractivity contribution < 1.29 is 32.2 Å². The number of nitrogens with zero attached hydrogens (tertiary/aromatic N) is 2. The summed E-state index contributed by atoms with van der Waals surface area (Å²) in [6.07, 6.45) is -4.66. The molecule has 1 atom stereocenters. The second kappa shape index (κ2) is 10.7. The molecule has 0 bridgehead atoms. The summed E-state index contributed by atoms with van der Waals surface area (Å²) in [5.74, 6) is 0.312. The van der Waals surface area contributed by atoms with Crippen molar-refractivity contribution in [1.29, 1.82) is 0 Å². The number of carbonyl (C=O) groups excluding carboxylic acids is 2. The maximum absolute atomic E-state index is 13.3. The van der Waals surface area contributed by atoms with Gasteiger partial charge >= 0.3 is 6.18 Å². The van der Waals surface area contributed by atoms with Gasteiger partial charge in [-0.25, -0.2) is 4.99 Å². The third-order valence-corrected chi connectivity index (χ3v) is 7.44. The molecular weight excluding hydrogens is 587 g/mol. The van der Waals surface area contributed by atoms with Gasteiger partial charge in [0, 0.05) is 16.6 Å². The molecule has 1 fully saturated rings. The van der Waals surface area contributed by atoms with Crippen molar-refractivity contribution in [2.24, 2.45) is 4.99 Å². The highest BCUT2D eigenvalue weighted by Crippen LogP contribution is 2.36. The number of hydrogen-bond donors (Lipinski definition) is 1. The molecule has 2 aliphatic heterocycles. The zero-order chi connectivity index (χ0) is 26.9. The highest BCUT2D eigenvalue weighted by molar-refractivity contribution is 9.10. The van der Waals surface area contributed by atoms with Crippen molar-refractivity contribution in [2.45, 2.75) is 24.4 Å². The first-order valence-electron chi connectivity index (χ1n) is 11.3. The van der Waals surface area contributed by atoms with E-state index in [0.717, 1.165) is 28.4 Å². The number of carbonyl (C=O) groups is 2. The van der Waals surface area contributed by atoms with E-state index in [-0.39, 0.29) is 36.5 Å². The third kappa shape index (κ3) is 5.97. The molecular formula is C26H19BrF3N3O4S. The minimum absolute atomic E-state index is 0.0137. The molecule has 0 aromatic heterocycles. The standard InChI is InChI=1S/C26H19BrF3N3O4S/c27-17-5-7-18(8-6-17)31-24(35)22-12-23(34)33(13-15-4-9-20-21(10-15)37-14-36-20)25(38-22)32-19-3-1-2-16(11-19)26(28,29)30/h1-11,22H,12-14H2,(H,31,35). The Morgan fingerprint density at radius 1 is 1.08 bits per heavy atom. The van der Waals surface area contributed by atoms with Crippen LogP contribution in [-0.2, 0) is 22.3 Å². The lowest BCUT2D eigenvalue weighted by molar-refractivity contribution is -0.137. The zero-order valence-corrected chi connectivity index (χ0v) is 21.9. The van der Waals surface area contributed by atoms with Gasteiger partial charge in [0.05, 0.1) is 17.8 Å². The van der Waals surface area contributed by atoms with E-state index in [4.69, 9.17) is 9.47 Å². The molecule has 2 amide bonds. The van der Waals surface area contributed by atoms with Crippen molar-refractivity contribution in [3.63, 3.8) is 0 Å². The predicted octanol–water partition coefficient (Wildman–Crippen LogP) is 6.36. The molecule has 7 nitrogen and oxygen atoms in total. The lowest BCUT2D eigenvalue weighted by Gasteiger charge is -2.32. The Balaban J connectivity index is 1.44. The molecule has 5 rings (SSSR count). The number of aliphatic imine (C=N–C) groups is 1. The Labute approximate surface area is 228 Å². The summed E-state index contributed by atoms with van der Waals surface area (Å²) >= 11 is 4.36. The first kappa shape index (κ1) is 26.1. The van der Waals surface area contributed by atoms with Crippen molar-refractivity contribution in [3.05, 3.63) is 82.3 Å². The van der Waals surface area contributed by atoms with Gasteiger partial charge < -0.3 is 14.8 Å². The molecule has 38 heavy (non-hydrogen) atoms. The lowest BCUT2D eigenvalue weighted by Crippen LogP contribution is -2.44. The number of ether oxygens (including phenoxy) is 2. The van der Waals surface area contributed by atoms with Gasteiger partial charge in [-0.3, -0.25) is 14.5 Å². The van der Waals surface area contributed by atoms with Gasteiger partial charge in [0.2, 0.25) is 18.6 Å². The third-order valence-electron chi connectivity index (χ3n) is 5.72. The minimum atomic E-state index is -4.55.